The molecule has 1 amide bonds. The number of carbonyl (C=O) groups is 1. The van der Waals surface area contributed by atoms with E-state index in [1.807, 2.05) is 0 Å². The van der Waals surface area contributed by atoms with E-state index in [1.165, 1.54) is 0 Å². The molecule has 0 spiro atoms. The Balaban J connectivity index is 1.68. The van der Waals surface area contributed by atoms with Crippen LogP contribution in [0.25, 0.3) is 0 Å². The van der Waals surface area contributed by atoms with Gasteiger partial charge in [0.05, 0.1) is 0 Å². The summed E-state index contributed by atoms with van der Waals surface area (Å²) in [6.07, 6.45) is 2.48. The van der Waals surface area contributed by atoms with Gasteiger partial charge >= 0.3 is 0 Å². The van der Waals surface area contributed by atoms with E-state index in [-0.39, 0.29) is 5.91 Å². The van der Waals surface area contributed by atoms with E-state index in [1.54, 1.807) is 0 Å². The molecule has 2 heterocycles. The molecule has 2 N–H and O–H groups in total. The summed E-state index contributed by atoms with van der Waals surface area (Å²) in [4.78, 5) is 14.1. The molecule has 0 saturated carbocycles. The van der Waals surface area contributed by atoms with Crippen LogP contribution < -0.4 is 10.6 Å². The van der Waals surface area contributed by atoms with Crippen molar-refractivity contribution in [3.05, 3.63) is 0 Å². The summed E-state index contributed by atoms with van der Waals surface area (Å²) >= 11 is 0. The largest absolute Gasteiger partial charge is 0.381 e. The number of nitrogens with one attached hydrogen (secondary N) is 2. The Morgan fingerprint density at radius 1 is 1.47 bits per heavy atom. The number of hydrogen-bond acceptors (Lipinski definition) is 4. The van der Waals surface area contributed by atoms with Gasteiger partial charge < -0.3 is 20.3 Å². The first-order valence-corrected chi connectivity index (χ1v) is 6.53. The normalized spacial score (nSPS) is 27.9. The second-order valence-electron chi connectivity index (χ2n) is 5.07. The Morgan fingerprint density at radius 2 is 2.24 bits per heavy atom. The van der Waals surface area contributed by atoms with Gasteiger partial charge in [-0.3, -0.25) is 4.79 Å². The smallest absolute Gasteiger partial charge is 0.221 e. The van der Waals surface area contributed by atoms with Crippen molar-refractivity contribution in [2.45, 2.75) is 31.3 Å². The number of ether oxygens (including phenoxy) is 1. The van der Waals surface area contributed by atoms with Crippen molar-refractivity contribution in [1.82, 2.24) is 15.5 Å². The van der Waals surface area contributed by atoms with Crippen LogP contribution in [-0.2, 0) is 9.53 Å². The summed E-state index contributed by atoms with van der Waals surface area (Å²) in [5.41, 5.74) is 0. The SMILES string of the molecule is CN1CCNC(CC(=O)NC2CCOCC2)C1. The third-order valence-corrected chi connectivity index (χ3v) is 3.48. The standard InChI is InChI=1S/C12H23N3O2/c1-15-5-4-13-11(9-15)8-12(16)14-10-2-6-17-7-3-10/h10-11,13H,2-9H2,1H3,(H,14,16). The van der Waals surface area contributed by atoms with Gasteiger partial charge in [0.1, 0.15) is 0 Å². The molecule has 0 radical (unpaired) electrons. The van der Waals surface area contributed by atoms with E-state index in [0.29, 0.717) is 18.5 Å². The minimum absolute atomic E-state index is 0.171. The van der Waals surface area contributed by atoms with Crippen LogP contribution in [0.3, 0.4) is 0 Å². The molecule has 0 aromatic carbocycles. The summed E-state index contributed by atoms with van der Waals surface area (Å²) in [5.74, 6) is 0.171. The second kappa shape index (κ2) is 6.33. The minimum atomic E-state index is 0.171. The minimum Gasteiger partial charge on any atom is -0.381 e. The van der Waals surface area contributed by atoms with Gasteiger partial charge in [0, 0.05) is 51.4 Å². The lowest BCUT2D eigenvalue weighted by molar-refractivity contribution is -0.123. The molecular weight excluding hydrogens is 218 g/mol. The van der Waals surface area contributed by atoms with Crippen LogP contribution in [-0.4, -0.2) is 62.8 Å². The van der Waals surface area contributed by atoms with Gasteiger partial charge in [-0.25, -0.2) is 0 Å². The third kappa shape index (κ3) is 4.26. The van der Waals surface area contributed by atoms with E-state index >= 15 is 0 Å². The maximum absolute atomic E-state index is 11.9. The Hall–Kier alpha value is -0.650. The zero-order valence-electron chi connectivity index (χ0n) is 10.6. The molecule has 0 aliphatic carbocycles. The summed E-state index contributed by atoms with van der Waals surface area (Å²) in [6, 6.07) is 0.617. The summed E-state index contributed by atoms with van der Waals surface area (Å²) in [7, 11) is 2.10. The molecule has 0 bridgehead atoms. The van der Waals surface area contributed by atoms with Gasteiger partial charge in [0.2, 0.25) is 5.91 Å². The van der Waals surface area contributed by atoms with E-state index in [0.717, 1.165) is 45.7 Å². The maximum atomic E-state index is 11.9. The molecule has 17 heavy (non-hydrogen) atoms. The highest BCUT2D eigenvalue weighted by Crippen LogP contribution is 2.07. The van der Waals surface area contributed by atoms with Gasteiger partial charge in [-0.05, 0) is 19.9 Å². The Morgan fingerprint density at radius 3 is 2.94 bits per heavy atom. The third-order valence-electron chi connectivity index (χ3n) is 3.48. The highest BCUT2D eigenvalue weighted by molar-refractivity contribution is 5.77. The van der Waals surface area contributed by atoms with Crippen LogP contribution >= 0.6 is 0 Å². The van der Waals surface area contributed by atoms with Crippen LogP contribution in [0.1, 0.15) is 19.3 Å². The van der Waals surface area contributed by atoms with Crippen LogP contribution in [0.2, 0.25) is 0 Å². The number of likely N-dealkylation sites (N-methyl/N-ethyl adjacent to an activating group) is 1. The predicted molar refractivity (Wildman–Crippen MR) is 65.9 cm³/mol. The molecule has 2 aliphatic heterocycles. The fourth-order valence-electron chi connectivity index (χ4n) is 2.48. The summed E-state index contributed by atoms with van der Waals surface area (Å²) in [5, 5.41) is 6.49. The lowest BCUT2D eigenvalue weighted by Gasteiger charge is -2.31. The number of nitrogens with zero attached hydrogens (tertiary/aromatic N) is 1. The van der Waals surface area contributed by atoms with Gasteiger partial charge in [-0.15, -0.1) is 0 Å². The van der Waals surface area contributed by atoms with Crippen molar-refractivity contribution >= 4 is 5.91 Å². The van der Waals surface area contributed by atoms with Crippen molar-refractivity contribution in [2.75, 3.05) is 39.9 Å². The van der Waals surface area contributed by atoms with Crippen LogP contribution in [0.5, 0.6) is 0 Å². The zero-order chi connectivity index (χ0) is 12.1. The molecule has 2 saturated heterocycles. The fourth-order valence-corrected chi connectivity index (χ4v) is 2.48. The molecular formula is C12H23N3O2. The van der Waals surface area contributed by atoms with Gasteiger partial charge in [0.15, 0.2) is 0 Å². The van der Waals surface area contributed by atoms with Gasteiger partial charge in [-0.1, -0.05) is 0 Å². The summed E-state index contributed by atoms with van der Waals surface area (Å²) in [6.45, 7) is 4.55. The summed E-state index contributed by atoms with van der Waals surface area (Å²) < 4.78 is 5.27. The van der Waals surface area contributed by atoms with Gasteiger partial charge in [0.25, 0.3) is 0 Å². The van der Waals surface area contributed by atoms with Crippen molar-refractivity contribution in [1.29, 1.82) is 0 Å². The first-order valence-electron chi connectivity index (χ1n) is 6.53. The first kappa shape index (κ1) is 12.8. The van der Waals surface area contributed by atoms with E-state index in [2.05, 4.69) is 22.6 Å². The zero-order valence-corrected chi connectivity index (χ0v) is 10.6. The lowest BCUT2D eigenvalue weighted by Crippen LogP contribution is -2.51. The van der Waals surface area contributed by atoms with E-state index < -0.39 is 0 Å². The second-order valence-corrected chi connectivity index (χ2v) is 5.07. The van der Waals surface area contributed by atoms with Crippen molar-refractivity contribution in [3.63, 3.8) is 0 Å². The highest BCUT2D eigenvalue weighted by atomic mass is 16.5. The van der Waals surface area contributed by atoms with E-state index in [4.69, 9.17) is 4.74 Å². The molecule has 0 aromatic rings. The molecule has 5 nitrogen and oxygen atoms in total. The molecule has 98 valence electrons. The molecule has 5 heteroatoms. The number of amides is 1. The topological polar surface area (TPSA) is 53.6 Å². The average Bonchev–Trinajstić information content (AvgIpc) is 2.30. The van der Waals surface area contributed by atoms with Crippen LogP contribution in [0, 0.1) is 0 Å². The first-order chi connectivity index (χ1) is 8.24. The molecule has 2 rings (SSSR count). The molecule has 1 unspecified atom stereocenters. The maximum Gasteiger partial charge on any atom is 0.221 e. The average molecular weight is 241 g/mol. The molecule has 2 fully saturated rings. The fraction of sp³-hybridized carbons (Fsp3) is 0.917. The van der Waals surface area contributed by atoms with Crippen molar-refractivity contribution in [3.8, 4) is 0 Å². The molecule has 1 atom stereocenters. The van der Waals surface area contributed by atoms with Crippen molar-refractivity contribution in [2.24, 2.45) is 0 Å². The van der Waals surface area contributed by atoms with E-state index in [9.17, 15) is 4.79 Å². The number of hydrogen-bond donors (Lipinski definition) is 2. The Bertz CT molecular complexity index is 254. The lowest BCUT2D eigenvalue weighted by atomic mass is 10.1. The Labute approximate surface area is 103 Å². The Kier molecular flexibility index (Phi) is 4.76. The highest BCUT2D eigenvalue weighted by Gasteiger charge is 2.21. The molecule has 2 aliphatic rings. The van der Waals surface area contributed by atoms with Crippen LogP contribution in [0.4, 0.5) is 0 Å². The van der Waals surface area contributed by atoms with Gasteiger partial charge in [-0.2, -0.15) is 0 Å². The number of rotatable bonds is 3. The monoisotopic (exact) mass is 241 g/mol. The molecule has 0 aromatic heterocycles. The van der Waals surface area contributed by atoms with Crippen LogP contribution in [0.15, 0.2) is 0 Å². The number of piperazine rings is 1. The predicted octanol–water partition coefficient (Wildman–Crippen LogP) is -0.425. The van der Waals surface area contributed by atoms with Crippen molar-refractivity contribution < 1.29 is 9.53 Å². The quantitative estimate of drug-likeness (QED) is 0.704. The number of carbonyl (C=O) groups excluding carboxylic acids is 1.